The van der Waals surface area contributed by atoms with Gasteiger partial charge in [-0.3, -0.25) is 14.8 Å². The lowest BCUT2D eigenvalue weighted by Crippen LogP contribution is -2.33. The fourth-order valence-corrected chi connectivity index (χ4v) is 1.48. The molecule has 74 valence electrons. The van der Waals surface area contributed by atoms with Gasteiger partial charge in [-0.1, -0.05) is 11.3 Å². The number of aromatic hydroxyl groups is 1. The van der Waals surface area contributed by atoms with Crippen LogP contribution in [0.3, 0.4) is 0 Å². The standard InChI is InChI=1S/C6H11N3O3S/c1-12-3-2-9(7)5-4(10)8-6(11)13-5/h10H,2-3,7H2,1H3,(H,8,11). The topological polar surface area (TPSA) is 91.6 Å². The number of nitrogens with one attached hydrogen (secondary N) is 1. The molecule has 0 amide bonds. The van der Waals surface area contributed by atoms with Crippen LogP contribution >= 0.6 is 11.3 Å². The molecule has 0 unspecified atom stereocenters. The van der Waals surface area contributed by atoms with Crippen molar-refractivity contribution in [3.8, 4) is 5.88 Å². The number of aromatic amines is 1. The number of hydrogen-bond acceptors (Lipinski definition) is 6. The molecule has 1 aromatic rings. The number of hydrazine groups is 1. The van der Waals surface area contributed by atoms with Gasteiger partial charge in [0.1, 0.15) is 0 Å². The van der Waals surface area contributed by atoms with Gasteiger partial charge in [0.25, 0.3) is 0 Å². The van der Waals surface area contributed by atoms with E-state index < -0.39 is 0 Å². The zero-order valence-electron chi connectivity index (χ0n) is 7.11. The minimum Gasteiger partial charge on any atom is -0.492 e. The van der Waals surface area contributed by atoms with E-state index in [-0.39, 0.29) is 10.8 Å². The molecule has 1 aromatic heterocycles. The molecular weight excluding hydrogens is 194 g/mol. The SMILES string of the molecule is COCCN(N)c1sc(=O)[nH]c1O. The van der Waals surface area contributed by atoms with Gasteiger partial charge >= 0.3 is 4.87 Å². The highest BCUT2D eigenvalue weighted by atomic mass is 32.1. The van der Waals surface area contributed by atoms with Gasteiger partial charge in [0, 0.05) is 7.11 Å². The Morgan fingerprint density at radius 1 is 1.77 bits per heavy atom. The maximum absolute atomic E-state index is 10.8. The summed E-state index contributed by atoms with van der Waals surface area (Å²) in [7, 11) is 1.55. The number of nitrogens with zero attached hydrogens (tertiary/aromatic N) is 1. The summed E-state index contributed by atoms with van der Waals surface area (Å²) in [4.78, 5) is 12.7. The summed E-state index contributed by atoms with van der Waals surface area (Å²) in [6, 6.07) is 0. The fourth-order valence-electron chi connectivity index (χ4n) is 0.798. The first-order valence-corrected chi connectivity index (χ1v) is 4.40. The van der Waals surface area contributed by atoms with E-state index in [0.717, 1.165) is 11.3 Å². The smallest absolute Gasteiger partial charge is 0.309 e. The van der Waals surface area contributed by atoms with Crippen molar-refractivity contribution in [1.82, 2.24) is 4.98 Å². The van der Waals surface area contributed by atoms with Crippen molar-refractivity contribution in [3.63, 3.8) is 0 Å². The lowest BCUT2D eigenvalue weighted by Gasteiger charge is -2.14. The van der Waals surface area contributed by atoms with Crippen molar-refractivity contribution < 1.29 is 9.84 Å². The Balaban J connectivity index is 2.70. The van der Waals surface area contributed by atoms with Crippen LogP contribution in [0.25, 0.3) is 0 Å². The average Bonchev–Trinajstić information content (AvgIpc) is 2.41. The molecule has 7 heteroatoms. The predicted octanol–water partition coefficient (Wildman–Crippen LogP) is -0.531. The summed E-state index contributed by atoms with van der Waals surface area (Å²) in [5, 5.41) is 10.8. The van der Waals surface area contributed by atoms with Crippen LogP contribution in [-0.4, -0.2) is 30.4 Å². The first-order valence-electron chi connectivity index (χ1n) is 3.58. The predicted molar refractivity (Wildman–Crippen MR) is 50.0 cm³/mol. The third-order valence-corrected chi connectivity index (χ3v) is 2.32. The molecule has 4 N–H and O–H groups in total. The maximum atomic E-state index is 10.8. The van der Waals surface area contributed by atoms with Gasteiger partial charge in [-0.05, 0) is 0 Å². The zero-order valence-corrected chi connectivity index (χ0v) is 7.93. The molecule has 1 heterocycles. The summed E-state index contributed by atoms with van der Waals surface area (Å²) in [5.41, 5.74) is 0. The number of H-pyrrole nitrogens is 1. The van der Waals surface area contributed by atoms with Crippen LogP contribution in [0.5, 0.6) is 5.88 Å². The van der Waals surface area contributed by atoms with E-state index in [2.05, 4.69) is 4.98 Å². The molecule has 13 heavy (non-hydrogen) atoms. The molecule has 6 nitrogen and oxygen atoms in total. The van der Waals surface area contributed by atoms with E-state index in [1.807, 2.05) is 0 Å². The molecule has 0 bridgehead atoms. The largest absolute Gasteiger partial charge is 0.492 e. The molecule has 0 radical (unpaired) electrons. The van der Waals surface area contributed by atoms with E-state index in [1.54, 1.807) is 7.11 Å². The maximum Gasteiger partial charge on any atom is 0.309 e. The van der Waals surface area contributed by atoms with Crippen molar-refractivity contribution in [2.45, 2.75) is 0 Å². The van der Waals surface area contributed by atoms with E-state index in [0.29, 0.717) is 18.2 Å². The Morgan fingerprint density at radius 2 is 2.46 bits per heavy atom. The molecule has 0 atom stereocenters. The van der Waals surface area contributed by atoms with E-state index in [1.165, 1.54) is 5.01 Å². The summed E-state index contributed by atoms with van der Waals surface area (Å²) in [5.74, 6) is 5.34. The van der Waals surface area contributed by atoms with Crippen LogP contribution in [0.1, 0.15) is 0 Å². The van der Waals surface area contributed by atoms with Crippen molar-refractivity contribution in [2.75, 3.05) is 25.3 Å². The van der Waals surface area contributed by atoms with Crippen molar-refractivity contribution in [1.29, 1.82) is 0 Å². The molecule has 0 fully saturated rings. The lowest BCUT2D eigenvalue weighted by atomic mass is 10.6. The Bertz CT molecular complexity index is 321. The van der Waals surface area contributed by atoms with Gasteiger partial charge in [-0.15, -0.1) is 0 Å². The van der Waals surface area contributed by atoms with Crippen LogP contribution in [0.15, 0.2) is 4.79 Å². The number of rotatable bonds is 4. The number of aromatic nitrogens is 1. The van der Waals surface area contributed by atoms with E-state index in [9.17, 15) is 9.90 Å². The van der Waals surface area contributed by atoms with Gasteiger partial charge in [0.15, 0.2) is 5.00 Å². The first kappa shape index (κ1) is 10.0. The highest BCUT2D eigenvalue weighted by molar-refractivity contribution is 7.13. The first-order chi connectivity index (χ1) is 6.15. The number of methoxy groups -OCH3 is 1. The van der Waals surface area contributed by atoms with Crippen LogP contribution < -0.4 is 15.7 Å². The monoisotopic (exact) mass is 205 g/mol. The molecular formula is C6H11N3O3S. The highest BCUT2D eigenvalue weighted by Gasteiger charge is 2.11. The molecule has 0 saturated carbocycles. The summed E-state index contributed by atoms with van der Waals surface area (Å²) in [6.07, 6.45) is 0. The van der Waals surface area contributed by atoms with E-state index >= 15 is 0 Å². The third-order valence-electron chi connectivity index (χ3n) is 1.41. The zero-order chi connectivity index (χ0) is 9.84. The van der Waals surface area contributed by atoms with Gasteiger partial charge < -0.3 is 9.84 Å². The normalized spacial score (nSPS) is 10.3. The second kappa shape index (κ2) is 4.26. The summed E-state index contributed by atoms with van der Waals surface area (Å²) < 4.78 is 4.79. The summed E-state index contributed by atoms with van der Waals surface area (Å²) >= 11 is 0.857. The molecule has 0 saturated heterocycles. The number of anilines is 1. The van der Waals surface area contributed by atoms with Gasteiger partial charge in [-0.2, -0.15) is 0 Å². The molecule has 0 aliphatic heterocycles. The molecule has 0 aliphatic rings. The molecule has 0 aromatic carbocycles. The fraction of sp³-hybridized carbons (Fsp3) is 0.500. The van der Waals surface area contributed by atoms with Crippen LogP contribution in [0.4, 0.5) is 5.00 Å². The lowest BCUT2D eigenvalue weighted by molar-refractivity contribution is 0.205. The van der Waals surface area contributed by atoms with Crippen molar-refractivity contribution >= 4 is 16.3 Å². The highest BCUT2D eigenvalue weighted by Crippen LogP contribution is 2.24. The average molecular weight is 205 g/mol. The minimum absolute atomic E-state index is 0.200. The van der Waals surface area contributed by atoms with Crippen LogP contribution in [0, 0.1) is 0 Å². The van der Waals surface area contributed by atoms with Crippen LogP contribution in [0.2, 0.25) is 0 Å². The van der Waals surface area contributed by atoms with Crippen LogP contribution in [-0.2, 0) is 4.74 Å². The number of nitrogens with two attached hydrogens (primary N) is 1. The number of thiazole rings is 1. The Kier molecular flexibility index (Phi) is 3.29. The molecule has 1 rings (SSSR count). The van der Waals surface area contributed by atoms with Crippen molar-refractivity contribution in [2.24, 2.45) is 5.84 Å². The van der Waals surface area contributed by atoms with Gasteiger partial charge in [0.05, 0.1) is 13.2 Å². The second-order valence-electron chi connectivity index (χ2n) is 2.35. The van der Waals surface area contributed by atoms with E-state index in [4.69, 9.17) is 10.6 Å². The Labute approximate surface area is 78.5 Å². The summed E-state index contributed by atoms with van der Waals surface area (Å²) in [6.45, 7) is 0.847. The number of ether oxygens (including phenoxy) is 1. The van der Waals surface area contributed by atoms with Crippen molar-refractivity contribution in [3.05, 3.63) is 9.67 Å². The van der Waals surface area contributed by atoms with Gasteiger partial charge in [-0.25, -0.2) is 5.84 Å². The van der Waals surface area contributed by atoms with Gasteiger partial charge in [0.2, 0.25) is 5.88 Å². The second-order valence-corrected chi connectivity index (χ2v) is 3.32. The quantitative estimate of drug-likeness (QED) is 0.454. The Hall–Kier alpha value is -1.05. The number of hydrogen-bond donors (Lipinski definition) is 3. The minimum atomic E-state index is -0.333. The Morgan fingerprint density at radius 3 is 2.92 bits per heavy atom. The third kappa shape index (κ3) is 2.44. The molecule has 0 spiro atoms. The molecule has 0 aliphatic carbocycles.